The molecule has 3 nitrogen and oxygen atoms in total. The molecule has 1 unspecified atom stereocenters. The fourth-order valence-electron chi connectivity index (χ4n) is 0.740. The van der Waals surface area contributed by atoms with Crippen LogP contribution in [0.5, 0.6) is 0 Å². The molecule has 0 aliphatic rings. The monoisotopic (exact) mass is 161 g/mol. The first-order chi connectivity index (χ1) is 5.06. The predicted octanol–water partition coefficient (Wildman–Crippen LogP) is 0.369. The van der Waals surface area contributed by atoms with Crippen molar-refractivity contribution in [3.05, 3.63) is 0 Å². The molecule has 0 radical (unpaired) electrons. The summed E-state index contributed by atoms with van der Waals surface area (Å²) in [5.41, 5.74) is 4.57. The molecule has 0 spiro atoms. The fraction of sp³-hybridized carbons (Fsp3) is 1.00. The summed E-state index contributed by atoms with van der Waals surface area (Å²) < 4.78 is 5.12. The summed E-state index contributed by atoms with van der Waals surface area (Å²) in [5.74, 6) is 0.138. The average molecular weight is 161 g/mol. The first-order valence-corrected chi connectivity index (χ1v) is 4.07. The number of ether oxygens (including phenoxy) is 1. The van der Waals surface area contributed by atoms with Crippen molar-refractivity contribution in [2.24, 2.45) is 11.7 Å². The summed E-state index contributed by atoms with van der Waals surface area (Å²) in [7, 11) is 0. The van der Waals surface area contributed by atoms with Gasteiger partial charge in [-0.15, -0.1) is 0 Å². The molecule has 0 amide bonds. The molecule has 0 saturated heterocycles. The Morgan fingerprint density at radius 1 is 1.55 bits per heavy atom. The van der Waals surface area contributed by atoms with E-state index in [4.69, 9.17) is 10.5 Å². The third kappa shape index (κ3) is 3.18. The summed E-state index contributed by atoms with van der Waals surface area (Å²) in [6.07, 6.45) is 0. The largest absolute Gasteiger partial charge is 0.386 e. The van der Waals surface area contributed by atoms with Gasteiger partial charge in [0.15, 0.2) is 0 Å². The minimum Gasteiger partial charge on any atom is -0.386 e. The van der Waals surface area contributed by atoms with Crippen LogP contribution < -0.4 is 5.73 Å². The Hall–Kier alpha value is -0.120. The van der Waals surface area contributed by atoms with Crippen LogP contribution in [0, 0.1) is 5.92 Å². The summed E-state index contributed by atoms with van der Waals surface area (Å²) in [5, 5.41) is 9.78. The normalized spacial score (nSPS) is 16.9. The fourth-order valence-corrected chi connectivity index (χ4v) is 0.740. The van der Waals surface area contributed by atoms with Crippen LogP contribution in [-0.2, 0) is 4.74 Å². The molecule has 0 aromatic heterocycles. The number of hydrogen-bond donors (Lipinski definition) is 2. The van der Waals surface area contributed by atoms with Crippen molar-refractivity contribution in [3.8, 4) is 0 Å². The maximum atomic E-state index is 9.78. The molecule has 0 heterocycles. The van der Waals surface area contributed by atoms with Gasteiger partial charge in [-0.2, -0.15) is 0 Å². The topological polar surface area (TPSA) is 55.5 Å². The van der Waals surface area contributed by atoms with Crippen molar-refractivity contribution in [1.82, 2.24) is 0 Å². The van der Waals surface area contributed by atoms with Crippen LogP contribution in [0.25, 0.3) is 0 Å². The Kier molecular flexibility index (Phi) is 4.65. The molecule has 0 aromatic rings. The smallest absolute Gasteiger partial charge is 0.102 e. The second-order valence-corrected chi connectivity index (χ2v) is 3.10. The standard InChI is InChI=1S/C8H19NO2/c1-4-11-6-8(10,5-9)7(2)3/h7,10H,4-6,9H2,1-3H3. The molecule has 11 heavy (non-hydrogen) atoms. The number of hydrogen-bond acceptors (Lipinski definition) is 3. The molecule has 3 heteroatoms. The molecule has 0 fully saturated rings. The van der Waals surface area contributed by atoms with Gasteiger partial charge in [0.25, 0.3) is 0 Å². The molecule has 0 aromatic carbocycles. The molecule has 68 valence electrons. The zero-order valence-corrected chi connectivity index (χ0v) is 7.63. The second-order valence-electron chi connectivity index (χ2n) is 3.10. The van der Waals surface area contributed by atoms with Gasteiger partial charge in [0.2, 0.25) is 0 Å². The van der Waals surface area contributed by atoms with Gasteiger partial charge in [0, 0.05) is 13.2 Å². The van der Waals surface area contributed by atoms with Crippen molar-refractivity contribution in [1.29, 1.82) is 0 Å². The van der Waals surface area contributed by atoms with Crippen molar-refractivity contribution >= 4 is 0 Å². The van der Waals surface area contributed by atoms with Crippen molar-refractivity contribution in [2.75, 3.05) is 19.8 Å². The van der Waals surface area contributed by atoms with Gasteiger partial charge in [0.1, 0.15) is 5.60 Å². The van der Waals surface area contributed by atoms with E-state index in [1.54, 1.807) is 0 Å². The third-order valence-corrected chi connectivity index (χ3v) is 1.98. The molecule has 0 rings (SSSR count). The number of aliphatic hydroxyl groups is 1. The van der Waals surface area contributed by atoms with Crippen LogP contribution in [0.1, 0.15) is 20.8 Å². The molecule has 0 bridgehead atoms. The lowest BCUT2D eigenvalue weighted by Gasteiger charge is -2.30. The van der Waals surface area contributed by atoms with Crippen LogP contribution in [0.4, 0.5) is 0 Å². The zero-order chi connectivity index (χ0) is 8.91. The van der Waals surface area contributed by atoms with E-state index in [1.165, 1.54) is 0 Å². The number of nitrogens with two attached hydrogens (primary N) is 1. The molecular formula is C8H19NO2. The Balaban J connectivity index is 3.88. The van der Waals surface area contributed by atoms with Gasteiger partial charge >= 0.3 is 0 Å². The highest BCUT2D eigenvalue weighted by atomic mass is 16.5. The molecule has 0 aliphatic carbocycles. The minimum absolute atomic E-state index is 0.138. The van der Waals surface area contributed by atoms with Gasteiger partial charge in [-0.3, -0.25) is 0 Å². The predicted molar refractivity (Wildman–Crippen MR) is 45.3 cm³/mol. The summed E-state index contributed by atoms with van der Waals surface area (Å²) in [6.45, 7) is 6.98. The second kappa shape index (κ2) is 4.70. The van der Waals surface area contributed by atoms with Gasteiger partial charge in [0.05, 0.1) is 6.61 Å². The van der Waals surface area contributed by atoms with E-state index in [2.05, 4.69) is 0 Å². The van der Waals surface area contributed by atoms with Crippen molar-refractivity contribution in [3.63, 3.8) is 0 Å². The van der Waals surface area contributed by atoms with Gasteiger partial charge in [-0.05, 0) is 12.8 Å². The maximum absolute atomic E-state index is 9.78. The first kappa shape index (κ1) is 10.9. The highest BCUT2D eigenvalue weighted by molar-refractivity contribution is 4.82. The van der Waals surface area contributed by atoms with Gasteiger partial charge < -0.3 is 15.6 Å². The third-order valence-electron chi connectivity index (χ3n) is 1.98. The van der Waals surface area contributed by atoms with E-state index < -0.39 is 5.60 Å². The van der Waals surface area contributed by atoms with E-state index in [0.717, 1.165) is 0 Å². The Morgan fingerprint density at radius 3 is 2.36 bits per heavy atom. The van der Waals surface area contributed by atoms with Crippen molar-refractivity contribution in [2.45, 2.75) is 26.4 Å². The van der Waals surface area contributed by atoms with E-state index in [-0.39, 0.29) is 12.5 Å². The Labute approximate surface area is 68.5 Å². The summed E-state index contributed by atoms with van der Waals surface area (Å²) in [4.78, 5) is 0. The minimum atomic E-state index is -0.851. The van der Waals surface area contributed by atoms with Gasteiger partial charge in [-0.1, -0.05) is 13.8 Å². The first-order valence-electron chi connectivity index (χ1n) is 4.07. The Morgan fingerprint density at radius 2 is 2.09 bits per heavy atom. The SMILES string of the molecule is CCOCC(O)(CN)C(C)C. The molecule has 0 saturated carbocycles. The van der Waals surface area contributed by atoms with Gasteiger partial charge in [-0.25, -0.2) is 0 Å². The number of rotatable bonds is 5. The highest BCUT2D eigenvalue weighted by Gasteiger charge is 2.29. The highest BCUT2D eigenvalue weighted by Crippen LogP contribution is 2.15. The summed E-state index contributed by atoms with van der Waals surface area (Å²) in [6, 6.07) is 0. The van der Waals surface area contributed by atoms with Crippen LogP contribution in [0.15, 0.2) is 0 Å². The maximum Gasteiger partial charge on any atom is 0.102 e. The van der Waals surface area contributed by atoms with Crippen LogP contribution in [0.2, 0.25) is 0 Å². The average Bonchev–Trinajstić information content (AvgIpc) is 2.00. The molecular weight excluding hydrogens is 142 g/mol. The van der Waals surface area contributed by atoms with E-state index in [0.29, 0.717) is 13.2 Å². The van der Waals surface area contributed by atoms with E-state index in [9.17, 15) is 5.11 Å². The molecule has 1 atom stereocenters. The lowest BCUT2D eigenvalue weighted by molar-refractivity contribution is -0.0670. The van der Waals surface area contributed by atoms with Crippen molar-refractivity contribution < 1.29 is 9.84 Å². The quantitative estimate of drug-likeness (QED) is 0.612. The Bertz CT molecular complexity index is 106. The van der Waals surface area contributed by atoms with E-state index in [1.807, 2.05) is 20.8 Å². The lowest BCUT2D eigenvalue weighted by Crippen LogP contribution is -2.47. The lowest BCUT2D eigenvalue weighted by atomic mass is 9.91. The van der Waals surface area contributed by atoms with Crippen LogP contribution in [0.3, 0.4) is 0 Å². The summed E-state index contributed by atoms with van der Waals surface area (Å²) >= 11 is 0. The van der Waals surface area contributed by atoms with Crippen LogP contribution in [-0.4, -0.2) is 30.5 Å². The molecule has 0 aliphatic heterocycles. The zero-order valence-electron chi connectivity index (χ0n) is 7.63. The van der Waals surface area contributed by atoms with Crippen LogP contribution >= 0.6 is 0 Å². The molecule has 3 N–H and O–H groups in total. The van der Waals surface area contributed by atoms with E-state index >= 15 is 0 Å².